The number of hydrogen-bond acceptors (Lipinski definition) is 4. The van der Waals surface area contributed by atoms with E-state index < -0.39 is 0 Å². The van der Waals surface area contributed by atoms with Gasteiger partial charge in [-0.2, -0.15) is 0 Å². The van der Waals surface area contributed by atoms with Gasteiger partial charge in [-0.3, -0.25) is 4.79 Å². The third kappa shape index (κ3) is 3.64. The molecular weight excluding hydrogens is 302 g/mol. The second kappa shape index (κ2) is 7.13. The van der Waals surface area contributed by atoms with Crippen LogP contribution in [0.4, 0.5) is 0 Å². The van der Waals surface area contributed by atoms with Gasteiger partial charge in [0.1, 0.15) is 0 Å². The second-order valence-corrected chi connectivity index (χ2v) is 6.62. The van der Waals surface area contributed by atoms with Crippen molar-refractivity contribution in [3.63, 3.8) is 0 Å². The lowest BCUT2D eigenvalue weighted by atomic mass is 10.0. The predicted molar refractivity (Wildman–Crippen MR) is 93.0 cm³/mol. The van der Waals surface area contributed by atoms with Crippen LogP contribution in [0.2, 0.25) is 0 Å². The van der Waals surface area contributed by atoms with Gasteiger partial charge in [0.15, 0.2) is 5.69 Å². The summed E-state index contributed by atoms with van der Waals surface area (Å²) in [6.07, 6.45) is 3.80. The number of piperidine rings is 1. The van der Waals surface area contributed by atoms with Crippen LogP contribution in [0.3, 0.4) is 0 Å². The summed E-state index contributed by atoms with van der Waals surface area (Å²) < 4.78 is 1.83. The number of nitrogens with one attached hydrogen (secondary N) is 2. The molecule has 0 spiro atoms. The van der Waals surface area contributed by atoms with E-state index in [-0.39, 0.29) is 11.9 Å². The van der Waals surface area contributed by atoms with Crippen LogP contribution in [0.1, 0.15) is 59.0 Å². The number of rotatable bonds is 4. The molecule has 0 saturated carbocycles. The SMILES string of the molecule is Cc1ccc(C(C)NC(=O)c2cn(C3CCNCC3)nn2)c(C)c1. The first-order valence-corrected chi connectivity index (χ1v) is 8.55. The van der Waals surface area contributed by atoms with Crippen molar-refractivity contribution in [3.8, 4) is 0 Å². The first kappa shape index (κ1) is 16.6. The Kier molecular flexibility index (Phi) is 4.94. The maximum atomic E-state index is 12.5. The Bertz CT molecular complexity index is 718. The second-order valence-electron chi connectivity index (χ2n) is 6.62. The van der Waals surface area contributed by atoms with Crippen molar-refractivity contribution in [1.29, 1.82) is 0 Å². The van der Waals surface area contributed by atoms with E-state index in [0.717, 1.165) is 31.5 Å². The van der Waals surface area contributed by atoms with Crippen LogP contribution >= 0.6 is 0 Å². The monoisotopic (exact) mass is 327 g/mol. The summed E-state index contributed by atoms with van der Waals surface area (Å²) in [6, 6.07) is 6.53. The fraction of sp³-hybridized carbons (Fsp3) is 0.500. The van der Waals surface area contributed by atoms with Crippen LogP contribution in [-0.4, -0.2) is 34.0 Å². The summed E-state index contributed by atoms with van der Waals surface area (Å²) in [5.74, 6) is -0.178. The molecule has 2 N–H and O–H groups in total. The lowest BCUT2D eigenvalue weighted by Crippen LogP contribution is -2.29. The molecular formula is C18H25N5O. The Hall–Kier alpha value is -2.21. The standard InChI is InChI=1S/C18H25N5O/c1-12-4-5-16(13(2)10-12)14(3)20-18(24)17-11-23(22-21-17)15-6-8-19-9-7-15/h4-5,10-11,14-15,19H,6-9H2,1-3H3,(H,20,24). The maximum absolute atomic E-state index is 12.5. The van der Waals surface area contributed by atoms with Gasteiger partial charge in [-0.15, -0.1) is 5.10 Å². The largest absolute Gasteiger partial charge is 0.344 e. The van der Waals surface area contributed by atoms with E-state index in [0.29, 0.717) is 11.7 Å². The molecule has 0 aliphatic carbocycles. The topological polar surface area (TPSA) is 71.8 Å². The smallest absolute Gasteiger partial charge is 0.273 e. The Morgan fingerprint density at radius 3 is 2.79 bits per heavy atom. The number of aromatic nitrogens is 3. The zero-order valence-electron chi connectivity index (χ0n) is 14.5. The molecule has 0 radical (unpaired) electrons. The van der Waals surface area contributed by atoms with Crippen molar-refractivity contribution in [2.75, 3.05) is 13.1 Å². The minimum absolute atomic E-state index is 0.0675. The molecule has 2 aromatic rings. The number of carbonyl (C=O) groups excluding carboxylic acids is 1. The van der Waals surface area contributed by atoms with Gasteiger partial charge in [0, 0.05) is 0 Å². The molecule has 1 aliphatic heterocycles. The zero-order chi connectivity index (χ0) is 17.1. The van der Waals surface area contributed by atoms with Crippen molar-refractivity contribution >= 4 is 5.91 Å². The number of hydrogen-bond donors (Lipinski definition) is 2. The molecule has 1 aromatic carbocycles. The normalized spacial score (nSPS) is 16.8. The van der Waals surface area contributed by atoms with Crippen molar-refractivity contribution in [2.24, 2.45) is 0 Å². The van der Waals surface area contributed by atoms with E-state index >= 15 is 0 Å². The lowest BCUT2D eigenvalue weighted by Gasteiger charge is -2.22. The number of carbonyl (C=O) groups is 1. The molecule has 1 fully saturated rings. The molecule has 24 heavy (non-hydrogen) atoms. The van der Waals surface area contributed by atoms with Gasteiger partial charge in [-0.1, -0.05) is 29.0 Å². The quantitative estimate of drug-likeness (QED) is 0.904. The Morgan fingerprint density at radius 2 is 2.08 bits per heavy atom. The average Bonchev–Trinajstić information content (AvgIpc) is 3.05. The summed E-state index contributed by atoms with van der Waals surface area (Å²) in [7, 11) is 0. The third-order valence-corrected chi connectivity index (χ3v) is 4.67. The number of nitrogens with zero attached hydrogens (tertiary/aromatic N) is 3. The molecule has 1 amide bonds. The third-order valence-electron chi connectivity index (χ3n) is 4.67. The first-order chi connectivity index (χ1) is 11.5. The summed E-state index contributed by atoms with van der Waals surface area (Å²) >= 11 is 0. The summed E-state index contributed by atoms with van der Waals surface area (Å²) in [5.41, 5.74) is 3.91. The molecule has 128 valence electrons. The summed E-state index contributed by atoms with van der Waals surface area (Å²) in [5, 5.41) is 14.6. The maximum Gasteiger partial charge on any atom is 0.273 e. The molecule has 1 aromatic heterocycles. The molecule has 1 unspecified atom stereocenters. The molecule has 6 nitrogen and oxygen atoms in total. The molecule has 1 atom stereocenters. The number of amides is 1. The van der Waals surface area contributed by atoms with Gasteiger partial charge in [-0.05, 0) is 57.8 Å². The molecule has 3 rings (SSSR count). The number of benzene rings is 1. The van der Waals surface area contributed by atoms with Crippen molar-refractivity contribution in [1.82, 2.24) is 25.6 Å². The van der Waals surface area contributed by atoms with E-state index in [9.17, 15) is 4.79 Å². The van der Waals surface area contributed by atoms with Crippen molar-refractivity contribution < 1.29 is 4.79 Å². The van der Waals surface area contributed by atoms with Crippen LogP contribution in [-0.2, 0) is 0 Å². The minimum Gasteiger partial charge on any atom is -0.344 e. The Balaban J connectivity index is 1.67. The highest BCUT2D eigenvalue weighted by molar-refractivity contribution is 5.92. The van der Waals surface area contributed by atoms with Crippen molar-refractivity contribution in [3.05, 3.63) is 46.8 Å². The van der Waals surface area contributed by atoms with Gasteiger partial charge in [0.05, 0.1) is 18.3 Å². The molecule has 6 heteroatoms. The van der Waals surface area contributed by atoms with Gasteiger partial charge in [-0.25, -0.2) is 4.68 Å². The van der Waals surface area contributed by atoms with Crippen LogP contribution < -0.4 is 10.6 Å². The fourth-order valence-corrected chi connectivity index (χ4v) is 3.29. The lowest BCUT2D eigenvalue weighted by molar-refractivity contribution is 0.0934. The van der Waals surface area contributed by atoms with E-state index in [1.807, 2.05) is 11.6 Å². The Morgan fingerprint density at radius 1 is 1.33 bits per heavy atom. The summed E-state index contributed by atoms with van der Waals surface area (Å²) in [4.78, 5) is 12.5. The van der Waals surface area contributed by atoms with Crippen LogP contribution in [0.15, 0.2) is 24.4 Å². The van der Waals surface area contributed by atoms with E-state index in [1.54, 1.807) is 6.20 Å². The van der Waals surface area contributed by atoms with Crippen LogP contribution in [0.25, 0.3) is 0 Å². The number of aryl methyl sites for hydroxylation is 2. The van der Waals surface area contributed by atoms with Crippen molar-refractivity contribution in [2.45, 2.75) is 45.7 Å². The Labute approximate surface area is 142 Å². The van der Waals surface area contributed by atoms with Gasteiger partial charge in [0.2, 0.25) is 0 Å². The average molecular weight is 327 g/mol. The summed E-state index contributed by atoms with van der Waals surface area (Å²) in [6.45, 7) is 8.09. The highest BCUT2D eigenvalue weighted by atomic mass is 16.2. The van der Waals surface area contributed by atoms with Gasteiger partial charge >= 0.3 is 0 Å². The molecule has 1 saturated heterocycles. The highest BCUT2D eigenvalue weighted by Gasteiger charge is 2.20. The molecule has 0 bridgehead atoms. The highest BCUT2D eigenvalue weighted by Crippen LogP contribution is 2.20. The van der Waals surface area contributed by atoms with E-state index in [4.69, 9.17) is 0 Å². The van der Waals surface area contributed by atoms with Crippen LogP contribution in [0, 0.1) is 13.8 Å². The van der Waals surface area contributed by atoms with Crippen LogP contribution in [0.5, 0.6) is 0 Å². The minimum atomic E-state index is -0.178. The van der Waals surface area contributed by atoms with Gasteiger partial charge < -0.3 is 10.6 Å². The van der Waals surface area contributed by atoms with Gasteiger partial charge in [0.25, 0.3) is 5.91 Å². The predicted octanol–water partition coefficient (Wildman–Crippen LogP) is 2.31. The zero-order valence-corrected chi connectivity index (χ0v) is 14.5. The molecule has 1 aliphatic rings. The first-order valence-electron chi connectivity index (χ1n) is 8.55. The fourth-order valence-electron chi connectivity index (χ4n) is 3.29. The van der Waals surface area contributed by atoms with E-state index in [2.05, 4.69) is 53.0 Å². The van der Waals surface area contributed by atoms with E-state index in [1.165, 1.54) is 11.1 Å². The molecule has 2 heterocycles.